The van der Waals surface area contributed by atoms with Crippen molar-refractivity contribution in [2.24, 2.45) is 5.92 Å². The Bertz CT molecular complexity index is 1010. The predicted octanol–water partition coefficient (Wildman–Crippen LogP) is 2.73. The number of nitrogens with zero attached hydrogens (tertiary/aromatic N) is 2. The number of benzene rings is 1. The van der Waals surface area contributed by atoms with Crippen LogP contribution in [0.15, 0.2) is 29.1 Å². The van der Waals surface area contributed by atoms with Crippen molar-refractivity contribution in [2.45, 2.75) is 44.7 Å². The van der Waals surface area contributed by atoms with E-state index in [1.807, 2.05) is 0 Å². The molecule has 4 rings (SSSR count). The zero-order valence-electron chi connectivity index (χ0n) is 16.2. The molecule has 0 saturated carbocycles. The number of halogens is 1. The summed E-state index contributed by atoms with van der Waals surface area (Å²) in [6, 6.07) is 1.36. The van der Waals surface area contributed by atoms with Gasteiger partial charge in [0.1, 0.15) is 6.04 Å². The molecule has 1 unspecified atom stereocenters. The van der Waals surface area contributed by atoms with Crippen LogP contribution in [0.1, 0.15) is 37.4 Å². The van der Waals surface area contributed by atoms with E-state index in [1.54, 1.807) is 36.0 Å². The van der Waals surface area contributed by atoms with Gasteiger partial charge in [0.25, 0.3) is 0 Å². The van der Waals surface area contributed by atoms with Crippen molar-refractivity contribution in [3.8, 4) is 11.5 Å². The van der Waals surface area contributed by atoms with Crippen LogP contribution in [0, 0.1) is 5.92 Å². The smallest absolute Gasteiger partial charge is 0.404 e. The van der Waals surface area contributed by atoms with E-state index in [1.165, 1.54) is 11.3 Å². The lowest BCUT2D eigenvalue weighted by molar-refractivity contribution is -0.177. The summed E-state index contributed by atoms with van der Waals surface area (Å²) in [4.78, 5) is 41.9. The van der Waals surface area contributed by atoms with E-state index in [9.17, 15) is 23.9 Å². The van der Waals surface area contributed by atoms with E-state index in [4.69, 9.17) is 9.47 Å². The quantitative estimate of drug-likeness (QED) is 0.697. The molecule has 0 radical (unpaired) electrons. The summed E-state index contributed by atoms with van der Waals surface area (Å²) in [7, 11) is 0. The molecule has 2 amide bonds. The molecular weight excluding hydrogens is 415 g/mol. The first-order valence-corrected chi connectivity index (χ1v) is 10.3. The van der Waals surface area contributed by atoms with Gasteiger partial charge in [0.05, 0.1) is 17.1 Å². The van der Waals surface area contributed by atoms with Gasteiger partial charge in [0.15, 0.2) is 11.5 Å². The van der Waals surface area contributed by atoms with E-state index in [0.717, 1.165) is 11.8 Å². The molecule has 158 valence electrons. The van der Waals surface area contributed by atoms with E-state index in [2.05, 4.69) is 4.98 Å². The van der Waals surface area contributed by atoms with Crippen molar-refractivity contribution in [1.29, 1.82) is 0 Å². The molecule has 0 aliphatic carbocycles. The summed E-state index contributed by atoms with van der Waals surface area (Å²) < 4.78 is 23.9. The Morgan fingerprint density at radius 2 is 2.10 bits per heavy atom. The molecule has 0 spiro atoms. The summed E-state index contributed by atoms with van der Waals surface area (Å²) in [5.41, 5.74) is 2.92. The summed E-state index contributed by atoms with van der Waals surface area (Å²) >= 11 is 1.36. The standard InChI is InChI=1S/C20H19FN2O6S/c1-10(11-3-4-14-15(6-11)29-20(2,21)28-14)5-16(24)23-17(19(26)27)13(18(23)25)7-12-8-30-9-22-12/h3-4,6,8-10,13,17H,5,7H2,1-2H3,(H,26,27)/t10-,13+,17-,20?/m0/s1. The van der Waals surface area contributed by atoms with Crippen molar-refractivity contribution < 1.29 is 33.4 Å². The topological polar surface area (TPSA) is 106 Å². The minimum atomic E-state index is -2.24. The number of rotatable bonds is 6. The molecule has 2 aliphatic rings. The minimum Gasteiger partial charge on any atom is -0.480 e. The fourth-order valence-electron chi connectivity index (χ4n) is 3.76. The van der Waals surface area contributed by atoms with Crippen LogP contribution in [0.2, 0.25) is 0 Å². The molecule has 4 atom stereocenters. The number of hydrogen-bond acceptors (Lipinski definition) is 7. The van der Waals surface area contributed by atoms with Gasteiger partial charge in [-0.05, 0) is 23.6 Å². The highest BCUT2D eigenvalue weighted by atomic mass is 32.1. The van der Waals surface area contributed by atoms with Crippen LogP contribution < -0.4 is 9.47 Å². The highest BCUT2D eigenvalue weighted by Gasteiger charge is 2.54. The number of carbonyl (C=O) groups excluding carboxylic acids is 2. The lowest BCUT2D eigenvalue weighted by Crippen LogP contribution is -2.66. The van der Waals surface area contributed by atoms with Gasteiger partial charge in [0.2, 0.25) is 11.8 Å². The van der Waals surface area contributed by atoms with E-state index < -0.39 is 35.8 Å². The van der Waals surface area contributed by atoms with Gasteiger partial charge in [-0.1, -0.05) is 13.0 Å². The van der Waals surface area contributed by atoms with Crippen LogP contribution in [0.4, 0.5) is 4.39 Å². The minimum absolute atomic E-state index is 0.0779. The van der Waals surface area contributed by atoms with Crippen LogP contribution in [-0.4, -0.2) is 44.9 Å². The third-order valence-electron chi connectivity index (χ3n) is 5.25. The Hall–Kier alpha value is -3.01. The highest BCUT2D eigenvalue weighted by Crippen LogP contribution is 2.42. The van der Waals surface area contributed by atoms with E-state index >= 15 is 0 Å². The molecular formula is C20H19FN2O6S. The van der Waals surface area contributed by atoms with Crippen molar-refractivity contribution >= 4 is 29.1 Å². The van der Waals surface area contributed by atoms with Gasteiger partial charge in [-0.15, -0.1) is 11.3 Å². The number of likely N-dealkylation sites (tertiary alicyclic amines) is 1. The van der Waals surface area contributed by atoms with Gasteiger partial charge in [-0.3, -0.25) is 14.5 Å². The van der Waals surface area contributed by atoms with Crippen LogP contribution in [0.25, 0.3) is 0 Å². The van der Waals surface area contributed by atoms with E-state index in [-0.39, 0.29) is 30.3 Å². The Balaban J connectivity index is 1.44. The second-order valence-corrected chi connectivity index (χ2v) is 8.24. The highest BCUT2D eigenvalue weighted by molar-refractivity contribution is 7.07. The molecule has 8 nitrogen and oxygen atoms in total. The van der Waals surface area contributed by atoms with Gasteiger partial charge in [-0.25, -0.2) is 9.78 Å². The number of thiazole rings is 1. The number of carboxylic acid groups (broad SMARTS) is 1. The number of ether oxygens (including phenoxy) is 2. The summed E-state index contributed by atoms with van der Waals surface area (Å²) in [5.74, 6) is -2.97. The number of fused-ring (bicyclic) bond motifs is 1. The van der Waals surface area contributed by atoms with Gasteiger partial charge in [0, 0.05) is 25.1 Å². The molecule has 1 fully saturated rings. The molecule has 3 heterocycles. The number of amides is 2. The fourth-order valence-corrected chi connectivity index (χ4v) is 4.33. The third-order valence-corrected chi connectivity index (χ3v) is 5.89. The molecule has 1 saturated heterocycles. The monoisotopic (exact) mass is 434 g/mol. The SMILES string of the molecule is C[C@@H](CC(=O)N1C(=O)[C@H](Cc2cscn2)[C@H]1C(=O)O)c1ccc2c(c1)OC(C)(F)O2. The van der Waals surface area contributed by atoms with Crippen LogP contribution in [0.3, 0.4) is 0 Å². The normalized spacial score (nSPS) is 25.7. The van der Waals surface area contributed by atoms with E-state index in [0.29, 0.717) is 11.3 Å². The van der Waals surface area contributed by atoms with Gasteiger partial charge >= 0.3 is 12.0 Å². The zero-order chi connectivity index (χ0) is 21.6. The van der Waals surface area contributed by atoms with Gasteiger partial charge in [-0.2, -0.15) is 4.39 Å². The first-order valence-electron chi connectivity index (χ1n) is 9.33. The molecule has 1 aromatic heterocycles. The first-order chi connectivity index (χ1) is 14.2. The van der Waals surface area contributed by atoms with Crippen molar-refractivity contribution in [3.63, 3.8) is 0 Å². The van der Waals surface area contributed by atoms with Crippen molar-refractivity contribution in [3.05, 3.63) is 40.3 Å². The number of alkyl halides is 1. The maximum absolute atomic E-state index is 13.8. The zero-order valence-corrected chi connectivity index (χ0v) is 17.0. The molecule has 2 aliphatic heterocycles. The summed E-state index contributed by atoms with van der Waals surface area (Å²) in [5, 5.41) is 11.3. The molecule has 2 aromatic rings. The molecule has 1 N–H and O–H groups in total. The second kappa shape index (κ2) is 7.35. The average Bonchev–Trinajstić information content (AvgIpc) is 3.27. The number of hydrogen-bond donors (Lipinski definition) is 1. The number of imide groups is 1. The first kappa shape index (κ1) is 20.3. The number of carboxylic acids is 1. The Morgan fingerprint density at radius 3 is 2.77 bits per heavy atom. The van der Waals surface area contributed by atoms with Crippen LogP contribution in [0.5, 0.6) is 11.5 Å². The van der Waals surface area contributed by atoms with Crippen LogP contribution in [-0.2, 0) is 20.8 Å². The van der Waals surface area contributed by atoms with Crippen LogP contribution >= 0.6 is 11.3 Å². The number of carbonyl (C=O) groups is 3. The van der Waals surface area contributed by atoms with Crippen molar-refractivity contribution in [2.75, 3.05) is 0 Å². The second-order valence-electron chi connectivity index (χ2n) is 7.53. The molecule has 30 heavy (non-hydrogen) atoms. The third kappa shape index (κ3) is 3.62. The number of β-lactam (4-membered cyclic amide) rings is 1. The average molecular weight is 434 g/mol. The lowest BCUT2D eigenvalue weighted by atomic mass is 9.82. The summed E-state index contributed by atoms with van der Waals surface area (Å²) in [6.45, 7) is 2.90. The fraction of sp³-hybridized carbons (Fsp3) is 0.400. The molecule has 10 heteroatoms. The Morgan fingerprint density at radius 1 is 1.37 bits per heavy atom. The molecule has 1 aromatic carbocycles. The molecule has 0 bridgehead atoms. The Kier molecular flexibility index (Phi) is 4.97. The number of aliphatic carboxylic acids is 1. The lowest BCUT2D eigenvalue weighted by Gasteiger charge is -2.43. The van der Waals surface area contributed by atoms with Gasteiger partial charge < -0.3 is 14.6 Å². The maximum atomic E-state index is 13.8. The summed E-state index contributed by atoms with van der Waals surface area (Å²) in [6.07, 6.45) is 0.105. The maximum Gasteiger partial charge on any atom is 0.404 e. The Labute approximate surface area is 175 Å². The predicted molar refractivity (Wildman–Crippen MR) is 103 cm³/mol. The number of aromatic nitrogens is 1. The largest absolute Gasteiger partial charge is 0.480 e. The van der Waals surface area contributed by atoms with Crippen molar-refractivity contribution in [1.82, 2.24) is 9.88 Å².